The van der Waals surface area contributed by atoms with Crippen LogP contribution in [-0.2, 0) is 22.6 Å². The zero-order valence-corrected chi connectivity index (χ0v) is 15.3. The molecule has 1 N–H and O–H groups in total. The van der Waals surface area contributed by atoms with E-state index in [-0.39, 0.29) is 17.8 Å². The predicted molar refractivity (Wildman–Crippen MR) is 97.0 cm³/mol. The fourth-order valence-electron chi connectivity index (χ4n) is 2.14. The molecule has 2 rings (SSSR count). The molecule has 1 aromatic carbocycles. The van der Waals surface area contributed by atoms with Gasteiger partial charge >= 0.3 is 5.97 Å². The van der Waals surface area contributed by atoms with Gasteiger partial charge in [0.2, 0.25) is 0 Å². The highest BCUT2D eigenvalue weighted by Gasteiger charge is 2.20. The quantitative estimate of drug-likeness (QED) is 0.747. The number of hydrogen-bond acceptors (Lipinski definition) is 5. The van der Waals surface area contributed by atoms with Crippen LogP contribution in [0, 0.1) is 0 Å². The van der Waals surface area contributed by atoms with E-state index in [0.29, 0.717) is 18.0 Å². The van der Waals surface area contributed by atoms with Gasteiger partial charge in [0.15, 0.2) is 11.8 Å². The number of carbonyl (C=O) groups is 2. The van der Waals surface area contributed by atoms with Crippen LogP contribution in [-0.4, -0.2) is 27.8 Å². The molecule has 0 aliphatic rings. The zero-order valence-electron chi connectivity index (χ0n) is 14.6. The smallest absolute Gasteiger partial charge is 0.359 e. The number of halogens is 1. The van der Waals surface area contributed by atoms with Gasteiger partial charge in [0.25, 0.3) is 11.5 Å². The molecular formula is C18H20ClN3O4. The third kappa shape index (κ3) is 5.42. The molecule has 8 heteroatoms. The summed E-state index contributed by atoms with van der Waals surface area (Å²) in [4.78, 5) is 35.9. The molecule has 1 unspecified atom stereocenters. The van der Waals surface area contributed by atoms with Crippen molar-refractivity contribution in [3.05, 3.63) is 63.0 Å². The van der Waals surface area contributed by atoms with Gasteiger partial charge in [-0.05, 0) is 37.1 Å². The Kier molecular flexibility index (Phi) is 6.91. The maximum atomic E-state index is 12.1. The normalized spacial score (nSPS) is 11.7. The molecule has 0 saturated carbocycles. The van der Waals surface area contributed by atoms with E-state index in [1.165, 1.54) is 23.7 Å². The van der Waals surface area contributed by atoms with E-state index < -0.39 is 18.0 Å². The lowest BCUT2D eigenvalue weighted by atomic mass is 10.2. The number of aromatic nitrogens is 2. The summed E-state index contributed by atoms with van der Waals surface area (Å²) >= 11 is 5.81. The van der Waals surface area contributed by atoms with Crippen molar-refractivity contribution in [3.63, 3.8) is 0 Å². The molecule has 0 aliphatic carbocycles. The average molecular weight is 378 g/mol. The molecule has 0 fully saturated rings. The summed E-state index contributed by atoms with van der Waals surface area (Å²) in [6.07, 6.45) is -0.294. The van der Waals surface area contributed by atoms with Crippen molar-refractivity contribution in [2.24, 2.45) is 0 Å². The van der Waals surface area contributed by atoms with E-state index in [2.05, 4.69) is 10.4 Å². The zero-order chi connectivity index (χ0) is 19.1. The molecule has 2 aromatic rings. The molecule has 0 aliphatic heterocycles. The van der Waals surface area contributed by atoms with Crippen molar-refractivity contribution in [3.8, 4) is 0 Å². The fraction of sp³-hybridized carbons (Fsp3) is 0.333. The first-order valence-corrected chi connectivity index (χ1v) is 8.59. The summed E-state index contributed by atoms with van der Waals surface area (Å²) in [6.45, 7) is 4.05. The molecule has 7 nitrogen and oxygen atoms in total. The summed E-state index contributed by atoms with van der Waals surface area (Å²) in [5.74, 6) is -1.20. The monoisotopic (exact) mass is 377 g/mol. The Labute approximate surface area is 155 Å². The second kappa shape index (κ2) is 9.15. The summed E-state index contributed by atoms with van der Waals surface area (Å²) in [5, 5.41) is 7.25. The molecule has 0 spiro atoms. The first-order valence-electron chi connectivity index (χ1n) is 8.22. The standard InChI is InChI=1S/C18H20ClN3O4/c1-3-10-22-16(23)9-8-15(21-22)18(25)26-12(2)17(24)20-11-13-4-6-14(19)7-5-13/h4-9,12H,3,10-11H2,1-2H3,(H,20,24). The SMILES string of the molecule is CCCn1nc(C(=O)OC(C)C(=O)NCc2ccc(Cl)cc2)ccc1=O. The number of nitrogens with one attached hydrogen (secondary N) is 1. The number of ether oxygens (including phenoxy) is 1. The molecule has 1 aromatic heterocycles. The van der Waals surface area contributed by atoms with Gasteiger partial charge in [0, 0.05) is 24.2 Å². The maximum absolute atomic E-state index is 12.1. The Bertz CT molecular complexity index is 833. The Morgan fingerprint density at radius 2 is 1.92 bits per heavy atom. The third-order valence-electron chi connectivity index (χ3n) is 3.54. The number of aryl methyl sites for hydroxylation is 1. The van der Waals surface area contributed by atoms with Crippen molar-refractivity contribution >= 4 is 23.5 Å². The average Bonchev–Trinajstić information content (AvgIpc) is 2.62. The topological polar surface area (TPSA) is 90.3 Å². The number of hydrogen-bond donors (Lipinski definition) is 1. The van der Waals surface area contributed by atoms with Crippen LogP contribution < -0.4 is 10.9 Å². The van der Waals surface area contributed by atoms with E-state index in [4.69, 9.17) is 16.3 Å². The highest BCUT2D eigenvalue weighted by molar-refractivity contribution is 6.30. The number of nitrogens with zero attached hydrogens (tertiary/aromatic N) is 2. The molecule has 0 radical (unpaired) electrons. The molecule has 1 atom stereocenters. The molecule has 0 bridgehead atoms. The van der Waals surface area contributed by atoms with E-state index in [0.717, 1.165) is 5.56 Å². The second-order valence-electron chi connectivity index (χ2n) is 5.67. The molecule has 0 saturated heterocycles. The van der Waals surface area contributed by atoms with Crippen molar-refractivity contribution in [2.45, 2.75) is 39.5 Å². The van der Waals surface area contributed by atoms with Crippen molar-refractivity contribution in [1.82, 2.24) is 15.1 Å². The maximum Gasteiger partial charge on any atom is 0.359 e. The van der Waals surface area contributed by atoms with Crippen LogP contribution in [0.15, 0.2) is 41.2 Å². The summed E-state index contributed by atoms with van der Waals surface area (Å²) in [5.41, 5.74) is 0.558. The fourth-order valence-corrected chi connectivity index (χ4v) is 2.27. The van der Waals surface area contributed by atoms with Crippen LogP contribution in [0.4, 0.5) is 0 Å². The number of amides is 1. The molecule has 1 amide bonds. The van der Waals surface area contributed by atoms with E-state index in [1.807, 2.05) is 6.92 Å². The first-order chi connectivity index (χ1) is 12.4. The predicted octanol–water partition coefficient (Wildman–Crippen LogP) is 2.17. The lowest BCUT2D eigenvalue weighted by Gasteiger charge is -2.13. The lowest BCUT2D eigenvalue weighted by molar-refractivity contribution is -0.129. The number of benzene rings is 1. The summed E-state index contributed by atoms with van der Waals surface area (Å²) < 4.78 is 6.33. The van der Waals surface area contributed by atoms with Gasteiger partial charge in [-0.1, -0.05) is 30.7 Å². The highest BCUT2D eigenvalue weighted by Crippen LogP contribution is 2.09. The van der Waals surface area contributed by atoms with Crippen LogP contribution in [0.2, 0.25) is 5.02 Å². The van der Waals surface area contributed by atoms with Crippen LogP contribution in [0.1, 0.15) is 36.3 Å². The Hall–Kier alpha value is -2.67. The van der Waals surface area contributed by atoms with Gasteiger partial charge in [-0.3, -0.25) is 9.59 Å². The minimum Gasteiger partial charge on any atom is -0.448 e. The summed E-state index contributed by atoms with van der Waals surface area (Å²) in [6, 6.07) is 9.58. The Morgan fingerprint density at radius 1 is 1.23 bits per heavy atom. The van der Waals surface area contributed by atoms with Gasteiger partial charge in [-0.2, -0.15) is 5.10 Å². The Balaban J connectivity index is 1.93. The molecule has 1 heterocycles. The van der Waals surface area contributed by atoms with Crippen LogP contribution in [0.25, 0.3) is 0 Å². The largest absolute Gasteiger partial charge is 0.448 e. The van der Waals surface area contributed by atoms with E-state index >= 15 is 0 Å². The number of rotatable bonds is 7. The minimum absolute atomic E-state index is 0.0181. The molecule has 138 valence electrons. The molecular weight excluding hydrogens is 358 g/mol. The highest BCUT2D eigenvalue weighted by atomic mass is 35.5. The van der Waals surface area contributed by atoms with Gasteiger partial charge in [0.05, 0.1) is 0 Å². The number of esters is 1. The summed E-state index contributed by atoms with van der Waals surface area (Å²) in [7, 11) is 0. The Morgan fingerprint density at radius 3 is 2.58 bits per heavy atom. The van der Waals surface area contributed by atoms with Gasteiger partial charge in [-0.15, -0.1) is 0 Å². The van der Waals surface area contributed by atoms with E-state index in [9.17, 15) is 14.4 Å². The van der Waals surface area contributed by atoms with E-state index in [1.54, 1.807) is 24.3 Å². The second-order valence-corrected chi connectivity index (χ2v) is 6.11. The van der Waals surface area contributed by atoms with Gasteiger partial charge in [-0.25, -0.2) is 9.48 Å². The lowest BCUT2D eigenvalue weighted by Crippen LogP contribution is -2.36. The first kappa shape index (κ1) is 19.7. The van der Waals surface area contributed by atoms with Gasteiger partial charge < -0.3 is 10.1 Å². The van der Waals surface area contributed by atoms with Crippen molar-refractivity contribution in [1.29, 1.82) is 0 Å². The van der Waals surface area contributed by atoms with Crippen molar-refractivity contribution < 1.29 is 14.3 Å². The van der Waals surface area contributed by atoms with Gasteiger partial charge in [0.1, 0.15) is 0 Å². The third-order valence-corrected chi connectivity index (χ3v) is 3.80. The minimum atomic E-state index is -0.997. The number of carbonyl (C=O) groups excluding carboxylic acids is 2. The van der Waals surface area contributed by atoms with Crippen LogP contribution in [0.5, 0.6) is 0 Å². The van der Waals surface area contributed by atoms with Crippen molar-refractivity contribution in [2.75, 3.05) is 0 Å². The van der Waals surface area contributed by atoms with Crippen LogP contribution >= 0.6 is 11.6 Å². The molecule has 26 heavy (non-hydrogen) atoms. The van der Waals surface area contributed by atoms with Crippen LogP contribution in [0.3, 0.4) is 0 Å².